The van der Waals surface area contributed by atoms with E-state index in [1.165, 1.54) is 77.0 Å². The SMILES string of the molecule is CCCCCCCCCCC(CCCCCCCC)COP(=O)([O-])[O-].[Na+].[Na+]. The molecule has 0 aromatic carbocycles. The Hall–Kier alpha value is 2.11. The van der Waals surface area contributed by atoms with Crippen molar-refractivity contribution < 1.29 is 78.0 Å². The predicted molar refractivity (Wildman–Crippen MR) is 102 cm³/mol. The Balaban J connectivity index is -0.00000288. The Morgan fingerprint density at radius 2 is 1.00 bits per heavy atom. The van der Waals surface area contributed by atoms with Gasteiger partial charge in [-0.3, -0.25) is 0 Å². The minimum Gasteiger partial charge on any atom is -0.790 e. The number of hydrogen-bond acceptors (Lipinski definition) is 4. The van der Waals surface area contributed by atoms with Crippen LogP contribution in [0, 0.1) is 5.92 Å². The maximum Gasteiger partial charge on any atom is 1.00 e. The zero-order chi connectivity index (χ0) is 18.8. The van der Waals surface area contributed by atoms with Gasteiger partial charge in [0.1, 0.15) is 0 Å². The van der Waals surface area contributed by atoms with Gasteiger partial charge in [0.05, 0.1) is 14.4 Å². The van der Waals surface area contributed by atoms with Crippen LogP contribution in [-0.4, -0.2) is 6.61 Å². The van der Waals surface area contributed by atoms with Crippen molar-refractivity contribution in [1.82, 2.24) is 0 Å². The summed E-state index contributed by atoms with van der Waals surface area (Å²) in [5, 5.41) is 0. The summed E-state index contributed by atoms with van der Waals surface area (Å²) in [6.45, 7) is 4.52. The quantitative estimate of drug-likeness (QED) is 0.163. The minimum absolute atomic E-state index is 0. The number of phosphoric ester groups is 1. The fourth-order valence-electron chi connectivity index (χ4n) is 3.29. The fourth-order valence-corrected chi connectivity index (χ4v) is 3.68. The van der Waals surface area contributed by atoms with Gasteiger partial charge in [0.25, 0.3) is 0 Å². The number of unbranched alkanes of at least 4 members (excludes halogenated alkanes) is 12. The van der Waals surface area contributed by atoms with Crippen molar-refractivity contribution in [3.8, 4) is 0 Å². The molecule has 0 amide bonds. The molecule has 0 saturated carbocycles. The third-order valence-corrected chi connectivity index (χ3v) is 5.37. The zero-order valence-corrected chi connectivity index (χ0v) is 23.6. The molecule has 1 atom stereocenters. The van der Waals surface area contributed by atoms with Crippen LogP contribution in [0.5, 0.6) is 0 Å². The van der Waals surface area contributed by atoms with Crippen LogP contribution >= 0.6 is 7.82 Å². The van der Waals surface area contributed by atoms with E-state index in [9.17, 15) is 14.4 Å². The van der Waals surface area contributed by atoms with E-state index in [1.807, 2.05) is 0 Å². The van der Waals surface area contributed by atoms with Gasteiger partial charge in [0.2, 0.25) is 0 Å². The third-order valence-electron chi connectivity index (χ3n) is 4.90. The molecule has 0 aliphatic carbocycles. The normalized spacial score (nSPS) is 12.3. The van der Waals surface area contributed by atoms with Crippen molar-refractivity contribution in [3.05, 3.63) is 0 Å². The molecular weight excluding hydrogens is 381 g/mol. The molecule has 0 aliphatic rings. The van der Waals surface area contributed by atoms with Crippen molar-refractivity contribution >= 4 is 7.82 Å². The largest absolute Gasteiger partial charge is 1.00 e. The van der Waals surface area contributed by atoms with Crippen molar-refractivity contribution in [3.63, 3.8) is 0 Å². The molecule has 0 saturated heterocycles. The summed E-state index contributed by atoms with van der Waals surface area (Å²) in [4.78, 5) is 21.5. The molecule has 0 rings (SSSR count). The Labute approximate surface area is 213 Å². The molecule has 0 aromatic rings. The van der Waals surface area contributed by atoms with Gasteiger partial charge < -0.3 is 18.9 Å². The molecule has 0 heterocycles. The first kappa shape index (κ1) is 33.7. The van der Waals surface area contributed by atoms with E-state index in [2.05, 4.69) is 18.4 Å². The van der Waals surface area contributed by atoms with Gasteiger partial charge in [0.15, 0.2) is 0 Å². The van der Waals surface area contributed by atoms with Gasteiger partial charge in [-0.15, -0.1) is 0 Å². The van der Waals surface area contributed by atoms with Gasteiger partial charge in [-0.1, -0.05) is 104 Å². The Morgan fingerprint density at radius 1 is 0.667 bits per heavy atom. The zero-order valence-electron chi connectivity index (χ0n) is 18.7. The molecule has 27 heavy (non-hydrogen) atoms. The van der Waals surface area contributed by atoms with Gasteiger partial charge in [-0.2, -0.15) is 0 Å². The molecule has 0 aromatic heterocycles. The third kappa shape index (κ3) is 28.1. The second-order valence-electron chi connectivity index (χ2n) is 7.43. The van der Waals surface area contributed by atoms with E-state index in [0.29, 0.717) is 0 Å². The summed E-state index contributed by atoms with van der Waals surface area (Å²) >= 11 is 0. The van der Waals surface area contributed by atoms with E-state index in [0.717, 1.165) is 25.7 Å². The van der Waals surface area contributed by atoms with Crippen LogP contribution < -0.4 is 68.9 Å². The summed E-state index contributed by atoms with van der Waals surface area (Å²) in [7, 11) is -4.83. The van der Waals surface area contributed by atoms with E-state index < -0.39 is 7.82 Å². The van der Waals surface area contributed by atoms with E-state index >= 15 is 0 Å². The Bertz CT molecular complexity index is 327. The molecule has 152 valence electrons. The average molecular weight is 422 g/mol. The molecule has 0 spiro atoms. The second kappa shape index (κ2) is 24.4. The standard InChI is InChI=1S/C20H43O4P.2Na/c1-3-5-7-9-11-12-14-16-18-20(19-24-25(21,22)23)17-15-13-10-8-6-4-2;;/h20H,3-19H2,1-2H3,(H2,21,22,23);;/q;2*+1/p-2. The minimum atomic E-state index is -4.83. The van der Waals surface area contributed by atoms with Crippen LogP contribution in [0.1, 0.15) is 117 Å². The maximum atomic E-state index is 10.7. The van der Waals surface area contributed by atoms with Gasteiger partial charge in [-0.05, 0) is 18.8 Å². The van der Waals surface area contributed by atoms with E-state index in [1.54, 1.807) is 0 Å². The first-order valence-corrected chi connectivity index (χ1v) is 12.1. The molecule has 0 radical (unpaired) electrons. The van der Waals surface area contributed by atoms with Crippen LogP contribution in [0.3, 0.4) is 0 Å². The van der Waals surface area contributed by atoms with Crippen LogP contribution in [0.25, 0.3) is 0 Å². The van der Waals surface area contributed by atoms with Crippen molar-refractivity contribution in [2.45, 2.75) is 117 Å². The Morgan fingerprint density at radius 3 is 1.33 bits per heavy atom. The van der Waals surface area contributed by atoms with Gasteiger partial charge in [0, 0.05) is 0 Å². The van der Waals surface area contributed by atoms with E-state index in [-0.39, 0.29) is 71.6 Å². The molecule has 0 aliphatic heterocycles. The summed E-state index contributed by atoms with van der Waals surface area (Å²) in [5.41, 5.74) is 0. The fraction of sp³-hybridized carbons (Fsp3) is 1.00. The summed E-state index contributed by atoms with van der Waals surface area (Å²) in [6.07, 6.45) is 19.5. The van der Waals surface area contributed by atoms with Crippen molar-refractivity contribution in [2.24, 2.45) is 5.92 Å². The predicted octanol–water partition coefficient (Wildman–Crippen LogP) is -0.263. The Kier molecular flexibility index (Phi) is 30.5. The van der Waals surface area contributed by atoms with Crippen molar-refractivity contribution in [2.75, 3.05) is 6.61 Å². The second-order valence-corrected chi connectivity index (χ2v) is 8.58. The van der Waals surface area contributed by atoms with Crippen LogP contribution in [0.15, 0.2) is 0 Å². The van der Waals surface area contributed by atoms with Gasteiger partial charge >= 0.3 is 59.1 Å². The number of phosphoric acid groups is 1. The number of rotatable bonds is 19. The average Bonchev–Trinajstić information content (AvgIpc) is 2.56. The first-order chi connectivity index (χ1) is 12.0. The van der Waals surface area contributed by atoms with Crippen molar-refractivity contribution in [1.29, 1.82) is 0 Å². The van der Waals surface area contributed by atoms with Crippen LogP contribution in [0.4, 0.5) is 0 Å². The summed E-state index contributed by atoms with van der Waals surface area (Å²) < 4.78 is 15.3. The smallest absolute Gasteiger partial charge is 0.790 e. The van der Waals surface area contributed by atoms with Gasteiger partial charge in [-0.25, -0.2) is 0 Å². The van der Waals surface area contributed by atoms with E-state index in [4.69, 9.17) is 0 Å². The monoisotopic (exact) mass is 422 g/mol. The molecule has 1 unspecified atom stereocenters. The summed E-state index contributed by atoms with van der Waals surface area (Å²) in [6, 6.07) is 0. The molecule has 0 N–H and O–H groups in total. The first-order valence-electron chi connectivity index (χ1n) is 10.7. The molecule has 0 fully saturated rings. The molecular formula is C20H41Na2O4P. The van der Waals surface area contributed by atoms with Crippen LogP contribution in [0.2, 0.25) is 0 Å². The molecule has 0 bridgehead atoms. The molecule has 4 nitrogen and oxygen atoms in total. The van der Waals surface area contributed by atoms with Crippen LogP contribution in [-0.2, 0) is 9.09 Å². The maximum absolute atomic E-state index is 10.7. The summed E-state index contributed by atoms with van der Waals surface area (Å²) in [5.74, 6) is 0.211. The number of hydrogen-bond donors (Lipinski definition) is 0. The topological polar surface area (TPSA) is 72.4 Å². The molecule has 7 heteroatoms.